The van der Waals surface area contributed by atoms with Gasteiger partial charge in [0.05, 0.1) is 0 Å². The van der Waals surface area contributed by atoms with E-state index in [2.05, 4.69) is 45.6 Å². The van der Waals surface area contributed by atoms with Gasteiger partial charge in [-0.1, -0.05) is 25.9 Å². The van der Waals surface area contributed by atoms with Gasteiger partial charge in [0.2, 0.25) is 11.0 Å². The molecule has 23 heavy (non-hydrogen) atoms. The summed E-state index contributed by atoms with van der Waals surface area (Å²) in [6, 6.07) is -0.0548. The Bertz CT molecular complexity index is 642. The third-order valence-corrected chi connectivity index (χ3v) is 4.57. The molecule has 1 aliphatic heterocycles. The van der Waals surface area contributed by atoms with Crippen molar-refractivity contribution in [1.82, 2.24) is 19.5 Å². The highest BCUT2D eigenvalue weighted by Crippen LogP contribution is 2.33. The van der Waals surface area contributed by atoms with E-state index in [-0.39, 0.29) is 11.5 Å². The van der Waals surface area contributed by atoms with Crippen LogP contribution in [0.3, 0.4) is 0 Å². The van der Waals surface area contributed by atoms with Crippen molar-refractivity contribution < 1.29 is 9.26 Å². The molecule has 3 heterocycles. The lowest BCUT2D eigenvalue weighted by Crippen LogP contribution is -2.27. The zero-order valence-electron chi connectivity index (χ0n) is 14.0. The summed E-state index contributed by atoms with van der Waals surface area (Å²) in [5.74, 6) is 2.48. The molecule has 0 unspecified atom stereocenters. The van der Waals surface area contributed by atoms with Gasteiger partial charge in [0.15, 0.2) is 5.82 Å². The zero-order chi connectivity index (χ0) is 16.4. The molecule has 2 aromatic rings. The summed E-state index contributed by atoms with van der Waals surface area (Å²) in [6.45, 7) is 9.68. The topological polar surface area (TPSA) is 86.0 Å². The van der Waals surface area contributed by atoms with Crippen LogP contribution in [0.2, 0.25) is 0 Å². The SMILES string of the molecule is Cc1noc([C@H](Nc2nc(C(C)(C)C)ns2)C2CCOCC2)n1. The molecular weight excluding hydrogens is 314 g/mol. The summed E-state index contributed by atoms with van der Waals surface area (Å²) in [5.41, 5.74) is -0.0638. The van der Waals surface area contributed by atoms with Crippen molar-refractivity contribution in [3.05, 3.63) is 17.5 Å². The van der Waals surface area contributed by atoms with Crippen LogP contribution in [0.5, 0.6) is 0 Å². The Balaban J connectivity index is 1.82. The number of aromatic nitrogens is 4. The van der Waals surface area contributed by atoms with Crippen LogP contribution in [0.4, 0.5) is 5.13 Å². The van der Waals surface area contributed by atoms with Crippen molar-refractivity contribution in [1.29, 1.82) is 0 Å². The third kappa shape index (κ3) is 3.87. The average molecular weight is 337 g/mol. The van der Waals surface area contributed by atoms with E-state index in [0.717, 1.165) is 37.0 Å². The number of ether oxygens (including phenoxy) is 1. The van der Waals surface area contributed by atoms with E-state index in [1.807, 2.05) is 6.92 Å². The van der Waals surface area contributed by atoms with Crippen molar-refractivity contribution >= 4 is 16.7 Å². The average Bonchev–Trinajstić information content (AvgIpc) is 3.14. The molecule has 1 saturated heterocycles. The second kappa shape index (κ2) is 6.52. The largest absolute Gasteiger partial charge is 0.381 e. The van der Waals surface area contributed by atoms with E-state index in [9.17, 15) is 0 Å². The Kier molecular flexibility index (Phi) is 4.63. The smallest absolute Gasteiger partial charge is 0.249 e. The summed E-state index contributed by atoms with van der Waals surface area (Å²) in [6.07, 6.45) is 1.92. The number of hydrogen-bond donors (Lipinski definition) is 1. The van der Waals surface area contributed by atoms with Crippen LogP contribution in [-0.2, 0) is 10.2 Å². The van der Waals surface area contributed by atoms with Crippen LogP contribution >= 0.6 is 11.5 Å². The van der Waals surface area contributed by atoms with Crippen molar-refractivity contribution in [2.24, 2.45) is 5.92 Å². The lowest BCUT2D eigenvalue weighted by atomic mass is 9.91. The molecule has 1 aliphatic rings. The molecule has 1 atom stereocenters. The monoisotopic (exact) mass is 337 g/mol. The van der Waals surface area contributed by atoms with Crippen LogP contribution < -0.4 is 5.32 Å². The lowest BCUT2D eigenvalue weighted by molar-refractivity contribution is 0.0571. The normalized spacial score (nSPS) is 18.1. The summed E-state index contributed by atoms with van der Waals surface area (Å²) in [4.78, 5) is 9.04. The molecule has 1 N–H and O–H groups in total. The minimum Gasteiger partial charge on any atom is -0.381 e. The quantitative estimate of drug-likeness (QED) is 0.917. The van der Waals surface area contributed by atoms with E-state index >= 15 is 0 Å². The number of hydrogen-bond acceptors (Lipinski definition) is 8. The van der Waals surface area contributed by atoms with Gasteiger partial charge in [0.25, 0.3) is 0 Å². The second-order valence-electron chi connectivity index (χ2n) is 6.92. The summed E-state index contributed by atoms with van der Waals surface area (Å²) in [7, 11) is 0. The minimum absolute atomic E-state index is 0.0548. The van der Waals surface area contributed by atoms with Gasteiger partial charge in [-0.3, -0.25) is 0 Å². The van der Waals surface area contributed by atoms with E-state index in [0.29, 0.717) is 17.6 Å². The maximum Gasteiger partial charge on any atom is 0.249 e. The molecule has 0 amide bonds. The van der Waals surface area contributed by atoms with Gasteiger partial charge in [-0.2, -0.15) is 9.36 Å². The van der Waals surface area contributed by atoms with Gasteiger partial charge in [0, 0.05) is 30.2 Å². The van der Waals surface area contributed by atoms with E-state index in [1.54, 1.807) is 0 Å². The number of rotatable bonds is 4. The highest BCUT2D eigenvalue weighted by Gasteiger charge is 2.31. The number of nitrogens with zero attached hydrogens (tertiary/aromatic N) is 4. The molecular formula is C15H23N5O2S. The van der Waals surface area contributed by atoms with Crippen LogP contribution in [0.1, 0.15) is 57.2 Å². The minimum atomic E-state index is -0.0638. The highest BCUT2D eigenvalue weighted by molar-refractivity contribution is 7.09. The van der Waals surface area contributed by atoms with Gasteiger partial charge in [-0.05, 0) is 25.7 Å². The number of nitrogens with one attached hydrogen (secondary N) is 1. The van der Waals surface area contributed by atoms with Gasteiger partial charge >= 0.3 is 0 Å². The Morgan fingerprint density at radius 1 is 1.22 bits per heavy atom. The van der Waals surface area contributed by atoms with Crippen molar-refractivity contribution in [3.63, 3.8) is 0 Å². The molecule has 0 aliphatic carbocycles. The zero-order valence-corrected chi connectivity index (χ0v) is 14.8. The standard InChI is InChI=1S/C15H23N5O2S/c1-9-16-12(22-19-9)11(10-5-7-21-8-6-10)17-14-18-13(20-23-14)15(2,3)4/h10-11H,5-8H2,1-4H3,(H,17,18,20)/t11-/m1/s1. The lowest BCUT2D eigenvalue weighted by Gasteiger charge is -2.28. The van der Waals surface area contributed by atoms with Gasteiger partial charge in [-0.15, -0.1) is 0 Å². The van der Waals surface area contributed by atoms with E-state index < -0.39 is 0 Å². The Labute approximate surface area is 140 Å². The van der Waals surface area contributed by atoms with Crippen LogP contribution in [-0.4, -0.2) is 32.7 Å². The fourth-order valence-corrected chi connectivity index (χ4v) is 3.38. The maximum absolute atomic E-state index is 5.47. The Morgan fingerprint density at radius 3 is 2.52 bits per heavy atom. The first-order valence-electron chi connectivity index (χ1n) is 7.92. The fraction of sp³-hybridized carbons (Fsp3) is 0.733. The van der Waals surface area contributed by atoms with E-state index in [1.165, 1.54) is 11.5 Å². The molecule has 0 bridgehead atoms. The van der Waals surface area contributed by atoms with Crippen LogP contribution in [0.25, 0.3) is 0 Å². The predicted molar refractivity (Wildman–Crippen MR) is 87.6 cm³/mol. The van der Waals surface area contributed by atoms with Gasteiger partial charge in [0.1, 0.15) is 11.9 Å². The molecule has 2 aromatic heterocycles. The molecule has 0 radical (unpaired) electrons. The summed E-state index contributed by atoms with van der Waals surface area (Å²) >= 11 is 1.38. The van der Waals surface area contributed by atoms with Crippen LogP contribution in [0.15, 0.2) is 4.52 Å². The van der Waals surface area contributed by atoms with E-state index in [4.69, 9.17) is 9.26 Å². The van der Waals surface area contributed by atoms with Crippen molar-refractivity contribution in [2.45, 2.75) is 52.0 Å². The van der Waals surface area contributed by atoms with Crippen molar-refractivity contribution in [2.75, 3.05) is 18.5 Å². The van der Waals surface area contributed by atoms with Crippen LogP contribution in [0, 0.1) is 12.8 Å². The number of anilines is 1. The Morgan fingerprint density at radius 2 is 1.96 bits per heavy atom. The molecule has 0 aromatic carbocycles. The molecule has 8 heteroatoms. The third-order valence-electron chi connectivity index (χ3n) is 3.92. The number of aryl methyl sites for hydroxylation is 1. The van der Waals surface area contributed by atoms with Crippen molar-refractivity contribution in [3.8, 4) is 0 Å². The highest BCUT2D eigenvalue weighted by atomic mass is 32.1. The Hall–Kier alpha value is -1.54. The molecule has 7 nitrogen and oxygen atoms in total. The first-order valence-corrected chi connectivity index (χ1v) is 8.69. The molecule has 0 spiro atoms. The second-order valence-corrected chi connectivity index (χ2v) is 7.68. The molecule has 0 saturated carbocycles. The summed E-state index contributed by atoms with van der Waals surface area (Å²) in [5, 5.41) is 8.19. The molecule has 126 valence electrons. The first-order chi connectivity index (χ1) is 10.9. The van der Waals surface area contributed by atoms with Gasteiger partial charge < -0.3 is 14.6 Å². The molecule has 1 fully saturated rings. The van der Waals surface area contributed by atoms with Gasteiger partial charge in [-0.25, -0.2) is 4.98 Å². The fourth-order valence-electron chi connectivity index (χ4n) is 2.59. The predicted octanol–water partition coefficient (Wildman–Crippen LogP) is 3.11. The first kappa shape index (κ1) is 16.3. The molecule has 3 rings (SSSR count). The maximum atomic E-state index is 5.47. The summed E-state index contributed by atoms with van der Waals surface area (Å²) < 4.78 is 15.3.